The largest absolute Gasteiger partial charge is 0.493 e. The van der Waals surface area contributed by atoms with E-state index in [4.69, 9.17) is 19.3 Å². The Morgan fingerprint density at radius 1 is 1.14 bits per heavy atom. The van der Waals surface area contributed by atoms with E-state index in [0.29, 0.717) is 22.8 Å². The molecule has 0 aromatic heterocycles. The molecule has 2 N–H and O–H groups in total. The first-order chi connectivity index (χ1) is 10.4. The number of amides is 1. The Balaban J connectivity index is 2.96. The lowest BCUT2D eigenvalue weighted by Gasteiger charge is -2.12. The number of carbonyl (C=O) groups is 2. The van der Waals surface area contributed by atoms with Gasteiger partial charge in [0.25, 0.3) is 0 Å². The molecule has 0 saturated carbocycles. The Bertz CT molecular complexity index is 556. The fourth-order valence-electron chi connectivity index (χ4n) is 1.69. The van der Waals surface area contributed by atoms with Crippen LogP contribution in [0.2, 0.25) is 0 Å². The van der Waals surface area contributed by atoms with E-state index in [1.165, 1.54) is 40.4 Å². The molecular weight excluding hydrogens is 290 g/mol. The smallest absolute Gasteiger partial charge is 0.325 e. The number of methoxy groups -OCH3 is 3. The van der Waals surface area contributed by atoms with Gasteiger partial charge >= 0.3 is 5.97 Å². The molecule has 0 aliphatic heterocycles. The summed E-state index contributed by atoms with van der Waals surface area (Å²) in [4.78, 5) is 22.3. The average Bonchev–Trinajstić information content (AvgIpc) is 2.51. The standard InChI is InChI=1S/C15H19NO6/c1-9(15(18)19)16-13(17)6-5-10-7-11(20-2)14(22-4)12(8-10)21-3/h5-9H,1-4H3,(H,16,17)(H,18,19)/b6-5+. The maximum Gasteiger partial charge on any atom is 0.325 e. The van der Waals surface area contributed by atoms with Crippen LogP contribution in [0, 0.1) is 0 Å². The lowest BCUT2D eigenvalue weighted by molar-refractivity contribution is -0.140. The highest BCUT2D eigenvalue weighted by molar-refractivity contribution is 5.94. The molecule has 1 aromatic rings. The maximum absolute atomic E-state index is 11.6. The van der Waals surface area contributed by atoms with Crippen LogP contribution in [-0.2, 0) is 9.59 Å². The number of benzene rings is 1. The Kier molecular flexibility index (Phi) is 6.25. The Morgan fingerprint density at radius 2 is 1.68 bits per heavy atom. The van der Waals surface area contributed by atoms with Crippen LogP contribution in [0.4, 0.5) is 0 Å². The molecule has 0 spiro atoms. The van der Waals surface area contributed by atoms with Crippen LogP contribution in [0.5, 0.6) is 17.2 Å². The van der Waals surface area contributed by atoms with Gasteiger partial charge in [0.1, 0.15) is 6.04 Å². The molecule has 7 heteroatoms. The van der Waals surface area contributed by atoms with E-state index < -0.39 is 17.9 Å². The van der Waals surface area contributed by atoms with Crippen molar-refractivity contribution in [2.75, 3.05) is 21.3 Å². The summed E-state index contributed by atoms with van der Waals surface area (Å²) in [7, 11) is 4.48. The van der Waals surface area contributed by atoms with Crippen LogP contribution >= 0.6 is 0 Å². The molecule has 0 aliphatic rings. The zero-order valence-electron chi connectivity index (χ0n) is 12.9. The third kappa shape index (κ3) is 4.41. The van der Waals surface area contributed by atoms with Gasteiger partial charge in [-0.1, -0.05) is 0 Å². The first-order valence-electron chi connectivity index (χ1n) is 6.44. The zero-order valence-corrected chi connectivity index (χ0v) is 12.9. The summed E-state index contributed by atoms with van der Waals surface area (Å²) in [5.41, 5.74) is 0.646. The van der Waals surface area contributed by atoms with Crippen molar-refractivity contribution >= 4 is 18.0 Å². The number of carboxylic acids is 1. The molecule has 0 aliphatic carbocycles. The number of aliphatic carboxylic acids is 1. The summed E-state index contributed by atoms with van der Waals surface area (Å²) >= 11 is 0. The topological polar surface area (TPSA) is 94.1 Å². The third-order valence-electron chi connectivity index (χ3n) is 2.84. The average molecular weight is 309 g/mol. The van der Waals surface area contributed by atoms with Gasteiger partial charge in [0.15, 0.2) is 11.5 Å². The van der Waals surface area contributed by atoms with Gasteiger partial charge in [0, 0.05) is 6.08 Å². The van der Waals surface area contributed by atoms with Crippen LogP contribution in [0.25, 0.3) is 6.08 Å². The monoisotopic (exact) mass is 309 g/mol. The summed E-state index contributed by atoms with van der Waals surface area (Å²) < 4.78 is 15.6. The summed E-state index contributed by atoms with van der Waals surface area (Å²) in [6, 6.07) is 2.38. The summed E-state index contributed by atoms with van der Waals surface area (Å²) in [6.45, 7) is 1.38. The molecule has 0 bridgehead atoms. The molecule has 0 radical (unpaired) electrons. The molecule has 0 heterocycles. The van der Waals surface area contributed by atoms with E-state index in [9.17, 15) is 9.59 Å². The number of ether oxygens (including phenoxy) is 3. The van der Waals surface area contributed by atoms with Crippen LogP contribution in [-0.4, -0.2) is 44.4 Å². The fourth-order valence-corrected chi connectivity index (χ4v) is 1.69. The second kappa shape index (κ2) is 7.92. The van der Waals surface area contributed by atoms with E-state index >= 15 is 0 Å². The van der Waals surface area contributed by atoms with Crippen LogP contribution in [0.3, 0.4) is 0 Å². The number of hydrogen-bond acceptors (Lipinski definition) is 5. The summed E-state index contributed by atoms with van der Waals surface area (Å²) in [6.07, 6.45) is 2.76. The number of hydrogen-bond donors (Lipinski definition) is 2. The SMILES string of the molecule is COc1cc(/C=C/C(=O)NC(C)C(=O)O)cc(OC)c1OC. The lowest BCUT2D eigenvalue weighted by atomic mass is 10.1. The number of nitrogens with one attached hydrogen (secondary N) is 1. The van der Waals surface area contributed by atoms with Gasteiger partial charge in [0.05, 0.1) is 21.3 Å². The maximum atomic E-state index is 11.6. The van der Waals surface area contributed by atoms with Gasteiger partial charge in [-0.3, -0.25) is 9.59 Å². The highest BCUT2D eigenvalue weighted by Gasteiger charge is 2.13. The minimum absolute atomic E-state index is 0.450. The molecule has 1 unspecified atom stereocenters. The summed E-state index contributed by atoms with van der Waals surface area (Å²) in [5.74, 6) is -0.245. The highest BCUT2D eigenvalue weighted by Crippen LogP contribution is 2.38. The van der Waals surface area contributed by atoms with E-state index in [-0.39, 0.29) is 0 Å². The van der Waals surface area contributed by atoms with Crippen molar-refractivity contribution in [2.24, 2.45) is 0 Å². The first kappa shape index (κ1) is 17.4. The second-order valence-corrected chi connectivity index (χ2v) is 4.36. The quantitative estimate of drug-likeness (QED) is 0.738. The van der Waals surface area contributed by atoms with Gasteiger partial charge < -0.3 is 24.6 Å². The van der Waals surface area contributed by atoms with Gasteiger partial charge in [-0.2, -0.15) is 0 Å². The van der Waals surface area contributed by atoms with E-state index in [0.717, 1.165) is 0 Å². The van der Waals surface area contributed by atoms with Crippen molar-refractivity contribution in [1.29, 1.82) is 0 Å². The van der Waals surface area contributed by atoms with Crippen molar-refractivity contribution < 1.29 is 28.9 Å². The van der Waals surface area contributed by atoms with E-state index in [1.54, 1.807) is 12.1 Å². The first-order valence-corrected chi connectivity index (χ1v) is 6.44. The number of carboxylic acid groups (broad SMARTS) is 1. The second-order valence-electron chi connectivity index (χ2n) is 4.36. The molecule has 120 valence electrons. The van der Waals surface area contributed by atoms with Crippen LogP contribution < -0.4 is 19.5 Å². The zero-order chi connectivity index (χ0) is 16.7. The fraction of sp³-hybridized carbons (Fsp3) is 0.333. The molecular formula is C15H19NO6. The molecule has 1 amide bonds. The molecule has 1 aromatic carbocycles. The molecule has 1 atom stereocenters. The predicted octanol–water partition coefficient (Wildman–Crippen LogP) is 1.31. The van der Waals surface area contributed by atoms with E-state index in [2.05, 4.69) is 5.32 Å². The van der Waals surface area contributed by atoms with Crippen molar-refractivity contribution in [3.63, 3.8) is 0 Å². The lowest BCUT2D eigenvalue weighted by Crippen LogP contribution is -2.37. The molecule has 1 rings (SSSR count). The van der Waals surface area contributed by atoms with Crippen molar-refractivity contribution in [3.8, 4) is 17.2 Å². The Labute approximate surface area is 128 Å². The Morgan fingerprint density at radius 3 is 2.09 bits per heavy atom. The highest BCUT2D eigenvalue weighted by atomic mass is 16.5. The van der Waals surface area contributed by atoms with E-state index in [1.807, 2.05) is 0 Å². The van der Waals surface area contributed by atoms with Crippen LogP contribution in [0.1, 0.15) is 12.5 Å². The minimum Gasteiger partial charge on any atom is -0.493 e. The number of rotatable bonds is 7. The minimum atomic E-state index is -1.10. The summed E-state index contributed by atoms with van der Waals surface area (Å²) in [5, 5.41) is 11.0. The van der Waals surface area contributed by atoms with Crippen molar-refractivity contribution in [1.82, 2.24) is 5.32 Å². The molecule has 0 fully saturated rings. The van der Waals surface area contributed by atoms with Gasteiger partial charge in [-0.05, 0) is 30.7 Å². The molecule has 0 saturated heterocycles. The Hall–Kier alpha value is -2.70. The van der Waals surface area contributed by atoms with Crippen molar-refractivity contribution in [2.45, 2.75) is 13.0 Å². The predicted molar refractivity (Wildman–Crippen MR) is 80.4 cm³/mol. The van der Waals surface area contributed by atoms with Crippen LogP contribution in [0.15, 0.2) is 18.2 Å². The normalized spacial score (nSPS) is 11.8. The third-order valence-corrected chi connectivity index (χ3v) is 2.84. The number of carbonyl (C=O) groups excluding carboxylic acids is 1. The van der Waals surface area contributed by atoms with Gasteiger partial charge in [-0.15, -0.1) is 0 Å². The van der Waals surface area contributed by atoms with Gasteiger partial charge in [-0.25, -0.2) is 0 Å². The molecule has 7 nitrogen and oxygen atoms in total. The van der Waals surface area contributed by atoms with Gasteiger partial charge in [0.2, 0.25) is 11.7 Å². The molecule has 22 heavy (non-hydrogen) atoms. The van der Waals surface area contributed by atoms with Crippen molar-refractivity contribution in [3.05, 3.63) is 23.8 Å².